The fourth-order valence-electron chi connectivity index (χ4n) is 4.31. The molecule has 1 fully saturated rings. The number of aliphatic hydroxyl groups is 4. The topological polar surface area (TPSA) is 109 Å². The van der Waals surface area contributed by atoms with Gasteiger partial charge in [-0.3, -0.25) is 0 Å². The van der Waals surface area contributed by atoms with Gasteiger partial charge in [-0.1, -0.05) is 42.5 Å². The second-order valence-corrected chi connectivity index (χ2v) is 8.02. The molecular formula is C25H28O7. The highest BCUT2D eigenvalue weighted by atomic mass is 16.5. The quantitative estimate of drug-likeness (QED) is 0.464. The van der Waals surface area contributed by atoms with Gasteiger partial charge < -0.3 is 34.6 Å². The Labute approximate surface area is 186 Å². The predicted molar refractivity (Wildman–Crippen MR) is 118 cm³/mol. The minimum absolute atomic E-state index is 0.412. The Kier molecular flexibility index (Phi) is 6.64. The molecule has 7 nitrogen and oxygen atoms in total. The summed E-state index contributed by atoms with van der Waals surface area (Å²) in [7, 11) is 3.07. The molecule has 7 heteroatoms. The summed E-state index contributed by atoms with van der Waals surface area (Å²) < 4.78 is 16.9. The molecule has 0 radical (unpaired) electrons. The number of aliphatic hydroxyl groups excluding tert-OH is 4. The maximum atomic E-state index is 10.6. The first kappa shape index (κ1) is 22.5. The van der Waals surface area contributed by atoms with E-state index in [9.17, 15) is 20.4 Å². The standard InChI is InChI=1S/C25H28O7/c1-30-19-12-20(31-2)18(25-24(29)23(28)22(27)21(13-26)32-25)11-17(19)10-14-8-15-6-4-3-5-7-16(15)9-14/h3-9,11-12,21-29H,10,13H2,1-2H3/t21-,22-,23+,24-,25?/m1/s1. The van der Waals surface area contributed by atoms with Crippen LogP contribution in [-0.2, 0) is 11.2 Å². The molecule has 4 N–H and O–H groups in total. The van der Waals surface area contributed by atoms with Crippen LogP contribution in [-0.4, -0.2) is 65.7 Å². The van der Waals surface area contributed by atoms with Gasteiger partial charge in [-0.05, 0) is 28.3 Å². The highest BCUT2D eigenvalue weighted by molar-refractivity contribution is 5.68. The summed E-state index contributed by atoms with van der Waals surface area (Å²) in [6.45, 7) is -0.496. The predicted octanol–water partition coefficient (Wildman–Crippen LogP) is 1.91. The minimum atomic E-state index is -1.47. The van der Waals surface area contributed by atoms with Crippen LogP contribution in [0.4, 0.5) is 0 Å². The van der Waals surface area contributed by atoms with Crippen molar-refractivity contribution < 1.29 is 34.6 Å². The van der Waals surface area contributed by atoms with Gasteiger partial charge in [0, 0.05) is 18.1 Å². The molecule has 32 heavy (non-hydrogen) atoms. The molecule has 1 aromatic rings. The van der Waals surface area contributed by atoms with Crippen molar-refractivity contribution in [2.24, 2.45) is 0 Å². The average molecular weight is 440 g/mol. The van der Waals surface area contributed by atoms with Crippen LogP contribution in [0, 0.1) is 0 Å². The SMILES string of the molecule is COc1cc(OC)c(C2O[C@H](CO)[C@@H](O)[C@H](O)[C@H]2O)cc1Cc1cc2cccccc-2c1. The van der Waals surface area contributed by atoms with E-state index in [2.05, 4.69) is 24.3 Å². The van der Waals surface area contributed by atoms with Crippen LogP contribution in [0.3, 0.4) is 0 Å². The molecule has 0 bridgehead atoms. The molecule has 3 aliphatic rings. The van der Waals surface area contributed by atoms with E-state index < -0.39 is 37.1 Å². The Hall–Kier alpha value is -2.68. The summed E-state index contributed by atoms with van der Waals surface area (Å²) >= 11 is 0. The molecule has 1 heterocycles. The van der Waals surface area contributed by atoms with Gasteiger partial charge in [0.05, 0.1) is 20.8 Å². The van der Waals surface area contributed by atoms with Crippen molar-refractivity contribution in [3.8, 4) is 22.6 Å². The van der Waals surface area contributed by atoms with Crippen molar-refractivity contribution in [2.45, 2.75) is 36.9 Å². The summed E-state index contributed by atoms with van der Waals surface area (Å²) in [4.78, 5) is 0. The number of fused-ring (bicyclic) bond motifs is 1. The molecule has 1 aromatic carbocycles. The zero-order valence-corrected chi connectivity index (χ0v) is 18.0. The Morgan fingerprint density at radius 1 is 0.812 bits per heavy atom. The fraction of sp³-hybridized carbons (Fsp3) is 0.360. The van der Waals surface area contributed by atoms with Crippen molar-refractivity contribution >= 4 is 0 Å². The van der Waals surface area contributed by atoms with E-state index in [4.69, 9.17) is 14.2 Å². The largest absolute Gasteiger partial charge is 0.496 e. The van der Waals surface area contributed by atoms with E-state index >= 15 is 0 Å². The van der Waals surface area contributed by atoms with Gasteiger partial charge >= 0.3 is 0 Å². The van der Waals surface area contributed by atoms with E-state index in [1.54, 1.807) is 13.2 Å². The summed E-state index contributed by atoms with van der Waals surface area (Å²) in [6.07, 6.45) is -5.73. The number of ether oxygens (including phenoxy) is 3. The summed E-state index contributed by atoms with van der Waals surface area (Å²) in [5.41, 5.74) is 4.70. The van der Waals surface area contributed by atoms with E-state index in [0.717, 1.165) is 22.3 Å². The first-order valence-corrected chi connectivity index (χ1v) is 10.5. The average Bonchev–Trinajstić information content (AvgIpc) is 3.05. The Morgan fingerprint density at radius 2 is 1.47 bits per heavy atom. The van der Waals surface area contributed by atoms with Gasteiger partial charge in [-0.25, -0.2) is 0 Å². The molecule has 170 valence electrons. The molecule has 0 amide bonds. The minimum Gasteiger partial charge on any atom is -0.496 e. The fourth-order valence-corrected chi connectivity index (χ4v) is 4.31. The number of methoxy groups -OCH3 is 2. The zero-order valence-electron chi connectivity index (χ0n) is 18.0. The highest BCUT2D eigenvalue weighted by Gasteiger charge is 2.45. The van der Waals surface area contributed by atoms with E-state index in [1.165, 1.54) is 7.11 Å². The summed E-state index contributed by atoms with van der Waals surface area (Å²) in [5.74, 6) is 1.03. The van der Waals surface area contributed by atoms with Crippen molar-refractivity contribution in [2.75, 3.05) is 20.8 Å². The van der Waals surface area contributed by atoms with Crippen molar-refractivity contribution in [3.63, 3.8) is 0 Å². The van der Waals surface area contributed by atoms with Gasteiger partial charge in [0.25, 0.3) is 0 Å². The lowest BCUT2D eigenvalue weighted by Crippen LogP contribution is -2.55. The molecule has 2 aliphatic carbocycles. The first-order valence-electron chi connectivity index (χ1n) is 10.5. The summed E-state index contributed by atoms with van der Waals surface area (Å²) in [6, 6.07) is 17.9. The third-order valence-electron chi connectivity index (χ3n) is 6.02. The zero-order chi connectivity index (χ0) is 22.8. The number of rotatable bonds is 6. The lowest BCUT2D eigenvalue weighted by atomic mass is 9.89. The monoisotopic (exact) mass is 440 g/mol. The van der Waals surface area contributed by atoms with Gasteiger partial charge in [0.2, 0.25) is 0 Å². The van der Waals surface area contributed by atoms with Gasteiger partial charge in [-0.2, -0.15) is 0 Å². The molecule has 1 unspecified atom stereocenters. The van der Waals surface area contributed by atoms with E-state index in [1.807, 2.05) is 24.3 Å². The molecule has 0 saturated carbocycles. The second kappa shape index (κ2) is 9.44. The Bertz CT molecular complexity index is 1000. The molecule has 4 rings (SSSR count). The van der Waals surface area contributed by atoms with Crippen molar-refractivity contribution in [1.29, 1.82) is 0 Å². The van der Waals surface area contributed by atoms with Gasteiger partial charge in [0.15, 0.2) is 0 Å². The number of benzene rings is 1. The first-order chi connectivity index (χ1) is 15.5. The third kappa shape index (κ3) is 4.18. The van der Waals surface area contributed by atoms with E-state index in [0.29, 0.717) is 23.5 Å². The molecule has 0 aromatic heterocycles. The molecule has 1 aliphatic heterocycles. The van der Waals surface area contributed by atoms with Crippen LogP contribution in [0.1, 0.15) is 22.8 Å². The Balaban J connectivity index is 1.74. The van der Waals surface area contributed by atoms with Crippen LogP contribution >= 0.6 is 0 Å². The van der Waals surface area contributed by atoms with Crippen LogP contribution < -0.4 is 9.47 Å². The van der Waals surface area contributed by atoms with Crippen LogP contribution in [0.2, 0.25) is 0 Å². The Morgan fingerprint density at radius 3 is 2.06 bits per heavy atom. The second-order valence-electron chi connectivity index (χ2n) is 8.02. The van der Waals surface area contributed by atoms with Crippen molar-refractivity contribution in [3.05, 3.63) is 71.3 Å². The number of hydrogen-bond acceptors (Lipinski definition) is 7. The molecule has 0 spiro atoms. The molecule has 5 atom stereocenters. The summed E-state index contributed by atoms with van der Waals surface area (Å²) in [5, 5.41) is 40.5. The van der Waals surface area contributed by atoms with Gasteiger partial charge in [0.1, 0.15) is 42.0 Å². The van der Waals surface area contributed by atoms with Gasteiger partial charge in [-0.15, -0.1) is 0 Å². The lowest BCUT2D eigenvalue weighted by molar-refractivity contribution is -0.232. The van der Waals surface area contributed by atoms with Crippen LogP contribution in [0.15, 0.2) is 54.6 Å². The third-order valence-corrected chi connectivity index (χ3v) is 6.02. The molecule has 1 saturated heterocycles. The van der Waals surface area contributed by atoms with Crippen LogP contribution in [0.5, 0.6) is 11.5 Å². The van der Waals surface area contributed by atoms with Crippen LogP contribution in [0.25, 0.3) is 11.1 Å². The van der Waals surface area contributed by atoms with Crippen molar-refractivity contribution in [1.82, 2.24) is 0 Å². The van der Waals surface area contributed by atoms with E-state index in [-0.39, 0.29) is 0 Å². The number of hydrogen-bond donors (Lipinski definition) is 4. The maximum Gasteiger partial charge on any atom is 0.128 e. The normalized spacial score (nSPS) is 25.6. The smallest absolute Gasteiger partial charge is 0.128 e. The maximum absolute atomic E-state index is 10.6. The molecular weight excluding hydrogens is 412 g/mol. The lowest BCUT2D eigenvalue weighted by Gasteiger charge is -2.40. The highest BCUT2D eigenvalue weighted by Crippen LogP contribution is 2.41.